The van der Waals surface area contributed by atoms with E-state index in [0.717, 1.165) is 12.1 Å². The largest absolute Gasteiger partial charge is 0.464 e. The van der Waals surface area contributed by atoms with Gasteiger partial charge in [-0.3, -0.25) is 9.59 Å². The van der Waals surface area contributed by atoms with Gasteiger partial charge in [-0.1, -0.05) is 13.2 Å². The maximum Gasteiger partial charge on any atom is 0.353 e. The van der Waals surface area contributed by atoms with E-state index in [1.54, 1.807) is 12.3 Å². The summed E-state index contributed by atoms with van der Waals surface area (Å²) in [5.41, 5.74) is -0.295. The van der Waals surface area contributed by atoms with E-state index in [4.69, 9.17) is 0 Å². The highest BCUT2D eigenvalue weighted by atomic mass is 32.1. The van der Waals surface area contributed by atoms with Crippen LogP contribution in [0.15, 0.2) is 29.9 Å². The summed E-state index contributed by atoms with van der Waals surface area (Å²) in [7, 11) is 1.15. The zero-order chi connectivity index (χ0) is 15.3. The molecule has 0 spiro atoms. The molecule has 0 saturated heterocycles. The Kier molecular flexibility index (Phi) is 5.15. The maximum absolute atomic E-state index is 11.7. The number of thiazole rings is 1. The van der Waals surface area contributed by atoms with E-state index in [0.29, 0.717) is 0 Å². The van der Waals surface area contributed by atoms with Gasteiger partial charge >= 0.3 is 5.97 Å². The molecule has 0 radical (unpaired) electrons. The minimum absolute atomic E-state index is 0.188. The van der Waals surface area contributed by atoms with E-state index in [-0.39, 0.29) is 17.1 Å². The summed E-state index contributed by atoms with van der Waals surface area (Å²) in [5.74, 6) is -2.11. The molecule has 0 aromatic carbocycles. The van der Waals surface area contributed by atoms with Crippen molar-refractivity contribution in [2.75, 3.05) is 7.11 Å². The number of nitrogens with zero attached hydrogens (tertiary/aromatic N) is 1. The van der Waals surface area contributed by atoms with Crippen LogP contribution in [0.5, 0.6) is 0 Å². The molecular weight excluding hydrogens is 282 g/mol. The summed E-state index contributed by atoms with van der Waals surface area (Å²) in [5, 5.41) is 6.71. The van der Waals surface area contributed by atoms with Crippen molar-refractivity contribution < 1.29 is 19.1 Å². The van der Waals surface area contributed by atoms with Gasteiger partial charge in [0.2, 0.25) is 0 Å². The highest BCUT2D eigenvalue weighted by Crippen LogP contribution is 2.08. The number of amides is 2. The lowest BCUT2D eigenvalue weighted by atomic mass is 10.3. The van der Waals surface area contributed by atoms with Crippen molar-refractivity contribution in [3.63, 3.8) is 0 Å². The molecule has 0 aliphatic rings. The van der Waals surface area contributed by atoms with Gasteiger partial charge in [-0.2, -0.15) is 0 Å². The second kappa shape index (κ2) is 6.62. The zero-order valence-electron chi connectivity index (χ0n) is 11.0. The lowest BCUT2D eigenvalue weighted by Crippen LogP contribution is -2.35. The molecule has 0 fully saturated rings. The van der Waals surface area contributed by atoms with E-state index in [2.05, 4.69) is 33.5 Å². The van der Waals surface area contributed by atoms with Crippen LogP contribution in [-0.2, 0) is 14.3 Å². The number of aromatic nitrogens is 1. The molecule has 0 aliphatic carbocycles. The number of carbonyl (C=O) groups excluding carboxylic acids is 3. The first-order valence-corrected chi connectivity index (χ1v) is 6.24. The summed E-state index contributed by atoms with van der Waals surface area (Å²) in [6.45, 7) is 8.47. The Hall–Kier alpha value is -2.48. The molecule has 0 atom stereocenters. The SMILES string of the molecule is C=C(NC(=O)c1csc(C)n1)C(=O)NC(=C)C(=O)OC. The molecule has 0 unspecified atom stereocenters. The monoisotopic (exact) mass is 295 g/mol. The molecule has 1 aromatic rings. The first kappa shape index (κ1) is 15.6. The number of carbonyl (C=O) groups is 3. The van der Waals surface area contributed by atoms with E-state index in [1.165, 1.54) is 11.3 Å². The molecule has 1 rings (SSSR count). The lowest BCUT2D eigenvalue weighted by Gasteiger charge is -2.09. The van der Waals surface area contributed by atoms with Crippen LogP contribution in [0.3, 0.4) is 0 Å². The van der Waals surface area contributed by atoms with E-state index in [9.17, 15) is 14.4 Å². The standard InChI is InChI=1S/C12H13N3O4S/c1-6(10(16)14-7(2)12(18)19-4)13-11(17)9-5-20-8(3)15-9/h5H,1-2H2,3-4H3,(H,13,17)(H,14,16). The molecule has 0 bridgehead atoms. The minimum Gasteiger partial charge on any atom is -0.464 e. The van der Waals surface area contributed by atoms with Crippen molar-refractivity contribution in [1.29, 1.82) is 0 Å². The van der Waals surface area contributed by atoms with Gasteiger partial charge in [0, 0.05) is 5.38 Å². The summed E-state index contributed by atoms with van der Waals surface area (Å²) < 4.78 is 4.37. The fourth-order valence-electron chi connectivity index (χ4n) is 1.11. The number of hydrogen-bond acceptors (Lipinski definition) is 6. The van der Waals surface area contributed by atoms with Crippen LogP contribution in [0.25, 0.3) is 0 Å². The van der Waals surface area contributed by atoms with Gasteiger partial charge in [0.15, 0.2) is 0 Å². The Morgan fingerprint density at radius 2 is 1.90 bits per heavy atom. The van der Waals surface area contributed by atoms with Crippen LogP contribution >= 0.6 is 11.3 Å². The summed E-state index contributed by atoms with van der Waals surface area (Å²) in [6, 6.07) is 0. The van der Waals surface area contributed by atoms with Crippen molar-refractivity contribution in [2.24, 2.45) is 0 Å². The molecule has 7 nitrogen and oxygen atoms in total. The van der Waals surface area contributed by atoms with Crippen molar-refractivity contribution in [1.82, 2.24) is 15.6 Å². The number of ether oxygens (including phenoxy) is 1. The Labute approximate surface area is 119 Å². The second-order valence-corrected chi connectivity index (χ2v) is 4.67. The molecule has 0 saturated carbocycles. The number of aryl methyl sites for hydroxylation is 1. The van der Waals surface area contributed by atoms with Gasteiger partial charge in [-0.25, -0.2) is 9.78 Å². The molecule has 8 heteroatoms. The lowest BCUT2D eigenvalue weighted by molar-refractivity contribution is -0.137. The third-order valence-corrected chi connectivity index (χ3v) is 2.86. The molecule has 20 heavy (non-hydrogen) atoms. The van der Waals surface area contributed by atoms with Crippen LogP contribution in [0.4, 0.5) is 0 Å². The van der Waals surface area contributed by atoms with Crippen molar-refractivity contribution in [3.8, 4) is 0 Å². The number of methoxy groups -OCH3 is 1. The van der Waals surface area contributed by atoms with Gasteiger partial charge in [-0.05, 0) is 6.92 Å². The highest BCUT2D eigenvalue weighted by molar-refractivity contribution is 7.09. The van der Waals surface area contributed by atoms with Gasteiger partial charge in [0.25, 0.3) is 11.8 Å². The van der Waals surface area contributed by atoms with E-state index in [1.807, 2.05) is 0 Å². The van der Waals surface area contributed by atoms with E-state index >= 15 is 0 Å². The average Bonchev–Trinajstić information content (AvgIpc) is 2.84. The van der Waals surface area contributed by atoms with Crippen LogP contribution in [0, 0.1) is 6.92 Å². The summed E-state index contributed by atoms with van der Waals surface area (Å²) in [4.78, 5) is 38.4. The van der Waals surface area contributed by atoms with Crippen LogP contribution in [-0.4, -0.2) is 29.9 Å². The number of esters is 1. The number of hydrogen-bond donors (Lipinski definition) is 2. The summed E-state index contributed by atoms with van der Waals surface area (Å²) >= 11 is 1.31. The third-order valence-electron chi connectivity index (χ3n) is 2.09. The quantitative estimate of drug-likeness (QED) is 0.609. The molecular formula is C12H13N3O4S. The average molecular weight is 295 g/mol. The highest BCUT2D eigenvalue weighted by Gasteiger charge is 2.17. The Balaban J connectivity index is 2.58. The van der Waals surface area contributed by atoms with Crippen LogP contribution < -0.4 is 10.6 Å². The van der Waals surface area contributed by atoms with Crippen LogP contribution in [0.2, 0.25) is 0 Å². The fraction of sp³-hybridized carbons (Fsp3) is 0.167. The molecule has 1 aromatic heterocycles. The third kappa shape index (κ3) is 4.02. The van der Waals surface area contributed by atoms with Crippen molar-refractivity contribution >= 4 is 29.1 Å². The second-order valence-electron chi connectivity index (χ2n) is 3.61. The van der Waals surface area contributed by atoms with Crippen molar-refractivity contribution in [2.45, 2.75) is 6.92 Å². The first-order chi connectivity index (χ1) is 9.35. The number of nitrogens with one attached hydrogen (secondary N) is 2. The fourth-order valence-corrected chi connectivity index (χ4v) is 1.71. The van der Waals surface area contributed by atoms with Crippen LogP contribution in [0.1, 0.15) is 15.5 Å². The Morgan fingerprint density at radius 3 is 2.40 bits per heavy atom. The predicted molar refractivity (Wildman–Crippen MR) is 72.8 cm³/mol. The van der Waals surface area contributed by atoms with Gasteiger partial charge < -0.3 is 15.4 Å². The Bertz CT molecular complexity index is 591. The van der Waals surface area contributed by atoms with E-state index < -0.39 is 17.8 Å². The maximum atomic E-state index is 11.7. The Morgan fingerprint density at radius 1 is 1.25 bits per heavy atom. The molecule has 2 amide bonds. The summed E-state index contributed by atoms with van der Waals surface area (Å²) in [6.07, 6.45) is 0. The predicted octanol–water partition coefficient (Wildman–Crippen LogP) is 0.498. The van der Waals surface area contributed by atoms with Gasteiger partial charge in [0.05, 0.1) is 17.8 Å². The normalized spacial score (nSPS) is 9.50. The first-order valence-electron chi connectivity index (χ1n) is 5.36. The van der Waals surface area contributed by atoms with Gasteiger partial charge in [-0.15, -0.1) is 11.3 Å². The number of rotatable bonds is 5. The smallest absolute Gasteiger partial charge is 0.353 e. The molecule has 106 valence electrons. The minimum atomic E-state index is -0.785. The molecule has 1 heterocycles. The van der Waals surface area contributed by atoms with Gasteiger partial charge in [0.1, 0.15) is 11.4 Å². The molecule has 2 N–H and O–H groups in total. The van der Waals surface area contributed by atoms with Crippen molar-refractivity contribution in [3.05, 3.63) is 40.6 Å². The molecule has 0 aliphatic heterocycles. The zero-order valence-corrected chi connectivity index (χ0v) is 11.8. The topological polar surface area (TPSA) is 97.4 Å².